The molecule has 0 saturated carbocycles. The van der Waals surface area contributed by atoms with E-state index in [1.165, 1.54) is 7.11 Å². The molecule has 1 heterocycles. The Morgan fingerprint density at radius 1 is 1.47 bits per heavy atom. The second kappa shape index (κ2) is 4.59. The molecule has 1 aromatic carbocycles. The summed E-state index contributed by atoms with van der Waals surface area (Å²) in [6, 6.07) is 7.05. The molecule has 1 aromatic heterocycles. The first-order valence-electron chi connectivity index (χ1n) is 5.01. The minimum Gasteiger partial charge on any atom is -0.481 e. The van der Waals surface area contributed by atoms with Crippen LogP contribution < -0.4 is 10.5 Å². The van der Waals surface area contributed by atoms with Crippen molar-refractivity contribution in [2.75, 3.05) is 7.11 Å². The summed E-state index contributed by atoms with van der Waals surface area (Å²) in [4.78, 5) is 15.1. The van der Waals surface area contributed by atoms with Crippen molar-refractivity contribution in [3.63, 3.8) is 0 Å². The zero-order valence-corrected chi connectivity index (χ0v) is 9.99. The maximum atomic E-state index is 10.8. The molecule has 1 amide bonds. The van der Waals surface area contributed by atoms with Crippen LogP contribution in [0.5, 0.6) is 5.88 Å². The summed E-state index contributed by atoms with van der Waals surface area (Å²) < 4.78 is 5.03. The highest BCUT2D eigenvalue weighted by Gasteiger charge is 2.06. The molecule has 4 nitrogen and oxygen atoms in total. The quantitative estimate of drug-likeness (QED) is 0.905. The zero-order valence-electron chi connectivity index (χ0n) is 9.24. The Hall–Kier alpha value is -1.81. The summed E-state index contributed by atoms with van der Waals surface area (Å²) in [5.74, 6) is 0.0899. The van der Waals surface area contributed by atoms with E-state index < -0.39 is 0 Å². The van der Waals surface area contributed by atoms with Gasteiger partial charge in [0, 0.05) is 11.5 Å². The number of carbonyl (C=O) groups is 1. The topological polar surface area (TPSA) is 65.2 Å². The zero-order chi connectivity index (χ0) is 12.4. The predicted molar refractivity (Wildman–Crippen MR) is 66.2 cm³/mol. The molecule has 0 saturated heterocycles. The Labute approximate surface area is 103 Å². The van der Waals surface area contributed by atoms with Crippen LogP contribution in [0.3, 0.4) is 0 Å². The fourth-order valence-electron chi connectivity index (χ4n) is 1.62. The van der Waals surface area contributed by atoms with Crippen LogP contribution in [0.25, 0.3) is 10.9 Å². The van der Waals surface area contributed by atoms with Crippen molar-refractivity contribution in [1.29, 1.82) is 0 Å². The predicted octanol–water partition coefficient (Wildman–Crippen LogP) is 1.92. The third-order valence-corrected chi connectivity index (χ3v) is 2.70. The van der Waals surface area contributed by atoms with Gasteiger partial charge >= 0.3 is 0 Å². The molecule has 5 heteroatoms. The fourth-order valence-corrected chi connectivity index (χ4v) is 1.87. The number of hydrogen-bond donors (Lipinski definition) is 1. The average molecular weight is 251 g/mol. The second-order valence-electron chi connectivity index (χ2n) is 3.64. The molecule has 0 aliphatic carbocycles. The molecule has 0 radical (unpaired) electrons. The molecule has 2 aromatic rings. The van der Waals surface area contributed by atoms with Gasteiger partial charge in [0.2, 0.25) is 11.8 Å². The number of benzene rings is 1. The van der Waals surface area contributed by atoms with Gasteiger partial charge in [-0.3, -0.25) is 4.79 Å². The van der Waals surface area contributed by atoms with E-state index in [9.17, 15) is 4.79 Å². The van der Waals surface area contributed by atoms with E-state index >= 15 is 0 Å². The van der Waals surface area contributed by atoms with Crippen LogP contribution in [0, 0.1) is 0 Å². The minimum absolute atomic E-state index is 0.193. The number of nitrogens with zero attached hydrogens (tertiary/aromatic N) is 1. The van der Waals surface area contributed by atoms with Gasteiger partial charge in [-0.25, -0.2) is 4.98 Å². The number of pyridine rings is 1. The largest absolute Gasteiger partial charge is 0.481 e. The van der Waals surface area contributed by atoms with Crippen molar-refractivity contribution < 1.29 is 9.53 Å². The molecule has 0 spiro atoms. The highest BCUT2D eigenvalue weighted by Crippen LogP contribution is 2.27. The summed E-state index contributed by atoms with van der Waals surface area (Å²) in [6.07, 6.45) is 0.193. The third kappa shape index (κ3) is 2.47. The maximum absolute atomic E-state index is 10.8. The van der Waals surface area contributed by atoms with Crippen molar-refractivity contribution in [2.45, 2.75) is 6.42 Å². The smallest absolute Gasteiger partial charge is 0.221 e. The Bertz CT molecular complexity index is 584. The van der Waals surface area contributed by atoms with Crippen LogP contribution in [0.2, 0.25) is 5.02 Å². The molecule has 0 fully saturated rings. The normalized spacial score (nSPS) is 10.5. The summed E-state index contributed by atoms with van der Waals surface area (Å²) >= 11 is 6.11. The number of fused-ring (bicyclic) bond motifs is 1. The van der Waals surface area contributed by atoms with E-state index in [4.69, 9.17) is 22.1 Å². The lowest BCUT2D eigenvalue weighted by atomic mass is 10.1. The first kappa shape index (κ1) is 11.7. The van der Waals surface area contributed by atoms with Crippen LogP contribution in [0.15, 0.2) is 24.3 Å². The van der Waals surface area contributed by atoms with Crippen molar-refractivity contribution >= 4 is 28.4 Å². The van der Waals surface area contributed by atoms with E-state index in [-0.39, 0.29) is 12.3 Å². The molecule has 2 rings (SSSR count). The average Bonchev–Trinajstić information content (AvgIpc) is 2.29. The number of nitrogens with two attached hydrogens (primary N) is 1. The number of rotatable bonds is 3. The van der Waals surface area contributed by atoms with Gasteiger partial charge in [-0.05, 0) is 17.7 Å². The minimum atomic E-state index is -0.373. The molecule has 0 bridgehead atoms. The van der Waals surface area contributed by atoms with Gasteiger partial charge in [0.25, 0.3) is 0 Å². The highest BCUT2D eigenvalue weighted by molar-refractivity contribution is 6.35. The summed E-state index contributed by atoms with van der Waals surface area (Å²) in [5, 5.41) is 1.32. The van der Waals surface area contributed by atoms with Gasteiger partial charge in [-0.1, -0.05) is 17.7 Å². The molecular weight excluding hydrogens is 240 g/mol. The lowest BCUT2D eigenvalue weighted by Crippen LogP contribution is -2.13. The number of hydrogen-bond acceptors (Lipinski definition) is 3. The Morgan fingerprint density at radius 3 is 2.88 bits per heavy atom. The number of methoxy groups -OCH3 is 1. The molecule has 0 unspecified atom stereocenters. The summed E-state index contributed by atoms with van der Waals surface area (Å²) in [6.45, 7) is 0. The fraction of sp³-hybridized carbons (Fsp3) is 0.167. The Kier molecular flexibility index (Phi) is 3.15. The number of ether oxygens (including phenoxy) is 1. The molecule has 2 N–H and O–H groups in total. The van der Waals surface area contributed by atoms with Crippen molar-refractivity contribution in [3.8, 4) is 5.88 Å². The molecule has 88 valence electrons. The number of aromatic nitrogens is 1. The van der Waals surface area contributed by atoms with E-state index in [1.54, 1.807) is 18.2 Å². The Morgan fingerprint density at radius 2 is 2.24 bits per heavy atom. The van der Waals surface area contributed by atoms with E-state index in [0.717, 1.165) is 16.5 Å². The van der Waals surface area contributed by atoms with Crippen LogP contribution in [-0.4, -0.2) is 18.0 Å². The van der Waals surface area contributed by atoms with Gasteiger partial charge in [0.05, 0.1) is 24.1 Å². The summed E-state index contributed by atoms with van der Waals surface area (Å²) in [7, 11) is 1.53. The van der Waals surface area contributed by atoms with Crippen LogP contribution in [0.1, 0.15) is 5.56 Å². The van der Waals surface area contributed by atoms with Gasteiger partial charge in [0.1, 0.15) is 0 Å². The van der Waals surface area contributed by atoms with Gasteiger partial charge in [-0.15, -0.1) is 0 Å². The van der Waals surface area contributed by atoms with Crippen molar-refractivity contribution in [2.24, 2.45) is 5.73 Å². The van der Waals surface area contributed by atoms with Crippen LogP contribution in [0.4, 0.5) is 0 Å². The maximum Gasteiger partial charge on any atom is 0.221 e. The van der Waals surface area contributed by atoms with Gasteiger partial charge in [0.15, 0.2) is 0 Å². The molecule has 0 atom stereocenters. The Balaban J connectivity index is 2.54. The SMILES string of the molecule is COc1cc(Cl)c2cc(CC(N)=O)ccc2n1. The van der Waals surface area contributed by atoms with Crippen LogP contribution in [-0.2, 0) is 11.2 Å². The van der Waals surface area contributed by atoms with Gasteiger partial charge in [-0.2, -0.15) is 0 Å². The monoisotopic (exact) mass is 250 g/mol. The molecule has 17 heavy (non-hydrogen) atoms. The first-order valence-corrected chi connectivity index (χ1v) is 5.39. The number of halogens is 1. The van der Waals surface area contributed by atoms with Crippen LogP contribution >= 0.6 is 11.6 Å². The molecular formula is C12H11ClN2O2. The summed E-state index contributed by atoms with van der Waals surface area (Å²) in [5.41, 5.74) is 6.69. The van der Waals surface area contributed by atoms with Gasteiger partial charge < -0.3 is 10.5 Å². The van der Waals surface area contributed by atoms with Crippen molar-refractivity contribution in [1.82, 2.24) is 4.98 Å². The lowest BCUT2D eigenvalue weighted by molar-refractivity contribution is -0.117. The highest BCUT2D eigenvalue weighted by atomic mass is 35.5. The molecule has 0 aliphatic heterocycles. The molecule has 0 aliphatic rings. The van der Waals surface area contributed by atoms with Crippen molar-refractivity contribution in [3.05, 3.63) is 34.9 Å². The third-order valence-electron chi connectivity index (χ3n) is 2.39. The first-order chi connectivity index (χ1) is 8.10. The lowest BCUT2D eigenvalue weighted by Gasteiger charge is -2.05. The van der Waals surface area contributed by atoms with E-state index in [1.807, 2.05) is 6.07 Å². The standard InChI is InChI=1S/C12H11ClN2O2/c1-17-12-6-9(13)8-4-7(5-11(14)16)2-3-10(8)15-12/h2-4,6H,5H2,1H3,(H2,14,16). The number of carbonyl (C=O) groups excluding carboxylic acids is 1. The van der Waals surface area contributed by atoms with E-state index in [2.05, 4.69) is 4.98 Å². The number of amides is 1. The van der Waals surface area contributed by atoms with E-state index in [0.29, 0.717) is 10.9 Å². The second-order valence-corrected chi connectivity index (χ2v) is 4.05. The number of primary amides is 1.